The third kappa shape index (κ3) is 7.17. The summed E-state index contributed by atoms with van der Waals surface area (Å²) in [6.45, 7) is 9.48. The number of benzene rings is 1. The molecule has 1 aromatic carbocycles. The van der Waals surface area contributed by atoms with Crippen LogP contribution >= 0.6 is 0 Å². The summed E-state index contributed by atoms with van der Waals surface area (Å²) in [5.41, 5.74) is -0.630. The molecule has 30 heavy (non-hydrogen) atoms. The van der Waals surface area contributed by atoms with Gasteiger partial charge in [-0.25, -0.2) is 21.9 Å². The van der Waals surface area contributed by atoms with Gasteiger partial charge in [0.2, 0.25) is 10.0 Å². The van der Waals surface area contributed by atoms with Gasteiger partial charge in [0.15, 0.2) is 5.69 Å². The fourth-order valence-corrected chi connectivity index (χ4v) is 4.50. The van der Waals surface area contributed by atoms with Crippen molar-refractivity contribution in [3.8, 4) is 0 Å². The van der Waals surface area contributed by atoms with Crippen molar-refractivity contribution in [1.82, 2.24) is 14.5 Å². The van der Waals surface area contributed by atoms with Crippen molar-refractivity contribution in [2.45, 2.75) is 58.9 Å². The smallest absolute Gasteiger partial charge is 0.284 e. The lowest BCUT2D eigenvalue weighted by molar-refractivity contribution is 0.102. The maximum absolute atomic E-state index is 13.3. The second-order valence-electron chi connectivity index (χ2n) is 8.61. The lowest BCUT2D eigenvalue weighted by atomic mass is 10.1. The van der Waals surface area contributed by atoms with Crippen LogP contribution in [0.25, 0.3) is 0 Å². The monoisotopic (exact) mass is 442 g/mol. The van der Waals surface area contributed by atoms with Crippen LogP contribution in [-0.4, -0.2) is 29.6 Å². The molecular weight excluding hydrogens is 414 g/mol. The Hall–Kier alpha value is -2.33. The van der Waals surface area contributed by atoms with Gasteiger partial charge in [0.1, 0.15) is 0 Å². The summed E-state index contributed by atoms with van der Waals surface area (Å²) in [5, 5.41) is 6.32. The van der Waals surface area contributed by atoms with Gasteiger partial charge in [-0.1, -0.05) is 26.0 Å². The molecule has 0 aliphatic carbocycles. The van der Waals surface area contributed by atoms with Gasteiger partial charge in [-0.15, -0.1) is 0 Å². The Morgan fingerprint density at radius 1 is 1.23 bits per heavy atom. The predicted molar refractivity (Wildman–Crippen MR) is 112 cm³/mol. The highest BCUT2D eigenvalue weighted by Crippen LogP contribution is 2.26. The summed E-state index contributed by atoms with van der Waals surface area (Å²) in [7, 11) is -3.61. The van der Waals surface area contributed by atoms with Gasteiger partial charge >= 0.3 is 0 Å². The maximum atomic E-state index is 13.3. The largest absolute Gasteiger partial charge is 0.319 e. The first-order chi connectivity index (χ1) is 13.8. The third-order valence-corrected chi connectivity index (χ3v) is 5.44. The van der Waals surface area contributed by atoms with Crippen molar-refractivity contribution < 1.29 is 22.0 Å². The molecule has 0 aliphatic heterocycles. The minimum absolute atomic E-state index is 0.0666. The van der Waals surface area contributed by atoms with Crippen LogP contribution in [0.5, 0.6) is 0 Å². The molecule has 2 rings (SSSR count). The van der Waals surface area contributed by atoms with Crippen molar-refractivity contribution in [2.24, 2.45) is 5.92 Å². The van der Waals surface area contributed by atoms with E-state index < -0.39 is 33.6 Å². The number of hydrogen-bond acceptors (Lipinski definition) is 4. The molecule has 0 fully saturated rings. The molecule has 0 atom stereocenters. The van der Waals surface area contributed by atoms with E-state index in [0.717, 1.165) is 0 Å². The van der Waals surface area contributed by atoms with Crippen LogP contribution < -0.4 is 10.0 Å². The highest BCUT2D eigenvalue weighted by atomic mass is 32.2. The molecule has 1 heterocycles. The van der Waals surface area contributed by atoms with Gasteiger partial charge in [0.05, 0.1) is 11.4 Å². The molecule has 0 spiro atoms. The van der Waals surface area contributed by atoms with Gasteiger partial charge in [0, 0.05) is 23.8 Å². The number of hydrogen-bond donors (Lipinski definition) is 2. The first-order valence-electron chi connectivity index (χ1n) is 9.53. The van der Waals surface area contributed by atoms with Crippen LogP contribution in [0.3, 0.4) is 0 Å². The van der Waals surface area contributed by atoms with E-state index in [1.165, 1.54) is 23.0 Å². The van der Waals surface area contributed by atoms with Crippen molar-refractivity contribution in [2.75, 3.05) is 5.32 Å². The Morgan fingerprint density at radius 2 is 1.90 bits per heavy atom. The van der Waals surface area contributed by atoms with E-state index in [9.17, 15) is 22.0 Å². The molecule has 0 radical (unpaired) electrons. The Kier molecular flexibility index (Phi) is 7.36. The fourth-order valence-electron chi connectivity index (χ4n) is 2.88. The zero-order chi connectivity index (χ0) is 22.7. The van der Waals surface area contributed by atoms with Gasteiger partial charge in [-0.3, -0.25) is 9.48 Å². The summed E-state index contributed by atoms with van der Waals surface area (Å²) >= 11 is 0. The molecule has 7 nitrogen and oxygen atoms in total. The van der Waals surface area contributed by atoms with Gasteiger partial charge in [-0.2, -0.15) is 5.10 Å². The number of carbonyl (C=O) groups excluding carboxylic acids is 1. The maximum Gasteiger partial charge on any atom is 0.284 e. The minimum atomic E-state index is -3.61. The van der Waals surface area contributed by atoms with Crippen molar-refractivity contribution in [3.63, 3.8) is 0 Å². The summed E-state index contributed by atoms with van der Waals surface area (Å²) < 4.78 is 55.1. The third-order valence-electron chi connectivity index (χ3n) is 3.80. The number of nitrogens with one attached hydrogen (secondary N) is 2. The van der Waals surface area contributed by atoms with Crippen LogP contribution in [0.2, 0.25) is 0 Å². The lowest BCUT2D eigenvalue weighted by Crippen LogP contribution is -2.41. The van der Waals surface area contributed by atoms with E-state index in [-0.39, 0.29) is 22.9 Å². The Balaban J connectivity index is 2.21. The molecule has 2 aromatic rings. The zero-order valence-corrected chi connectivity index (χ0v) is 18.6. The minimum Gasteiger partial charge on any atom is -0.319 e. The second kappa shape index (κ2) is 9.22. The van der Waals surface area contributed by atoms with Gasteiger partial charge in [0.25, 0.3) is 12.3 Å². The van der Waals surface area contributed by atoms with Crippen molar-refractivity contribution in [1.29, 1.82) is 0 Å². The van der Waals surface area contributed by atoms with Crippen molar-refractivity contribution in [3.05, 3.63) is 47.3 Å². The number of aromatic nitrogens is 2. The molecule has 0 bridgehead atoms. The molecule has 166 valence electrons. The zero-order valence-electron chi connectivity index (χ0n) is 17.7. The molecule has 0 saturated heterocycles. The standard InChI is InChI=1S/C20H28F2N4O3S/c1-13(2)10-26-11-16(17(24-26)18(21)22)23-19(27)15-8-6-7-14(9-15)12-30(28,29)25-20(3,4)5/h6-9,11,13,18,25H,10,12H2,1-5H3,(H,23,27). The van der Waals surface area contributed by atoms with Crippen molar-refractivity contribution >= 4 is 21.6 Å². The Labute approximate surface area is 175 Å². The molecule has 0 unspecified atom stereocenters. The van der Waals surface area contributed by atoms with E-state index >= 15 is 0 Å². The first-order valence-corrected chi connectivity index (χ1v) is 11.2. The summed E-state index contributed by atoms with van der Waals surface area (Å²) in [6, 6.07) is 6.05. The number of sulfonamides is 1. The number of alkyl halides is 2. The normalized spacial score (nSPS) is 12.6. The molecular formula is C20H28F2N4O3S. The number of rotatable bonds is 8. The molecule has 0 saturated carbocycles. The van der Waals surface area contributed by atoms with Crippen LogP contribution in [0, 0.1) is 5.92 Å². The van der Waals surface area contributed by atoms with Gasteiger partial charge < -0.3 is 5.32 Å². The second-order valence-corrected chi connectivity index (χ2v) is 10.3. The van der Waals surface area contributed by atoms with E-state index in [0.29, 0.717) is 12.1 Å². The number of carbonyl (C=O) groups is 1. The van der Waals surface area contributed by atoms with Crippen LogP contribution in [0.1, 0.15) is 62.7 Å². The summed E-state index contributed by atoms with van der Waals surface area (Å²) in [5.74, 6) is -0.733. The van der Waals surface area contributed by atoms with E-state index in [4.69, 9.17) is 0 Å². The van der Waals surface area contributed by atoms with E-state index in [2.05, 4.69) is 15.1 Å². The average Bonchev–Trinajstić information content (AvgIpc) is 2.94. The van der Waals surface area contributed by atoms with Gasteiger partial charge in [-0.05, 0) is 44.4 Å². The summed E-state index contributed by atoms with van der Waals surface area (Å²) in [6.07, 6.45) is -1.46. The molecule has 1 amide bonds. The topological polar surface area (TPSA) is 93.1 Å². The number of halogens is 2. The van der Waals surface area contributed by atoms with E-state index in [1.54, 1.807) is 32.9 Å². The lowest BCUT2D eigenvalue weighted by Gasteiger charge is -2.20. The number of amides is 1. The Morgan fingerprint density at radius 3 is 2.47 bits per heavy atom. The Bertz CT molecular complexity index is 996. The highest BCUT2D eigenvalue weighted by Gasteiger charge is 2.22. The number of nitrogens with zero attached hydrogens (tertiary/aromatic N) is 2. The summed E-state index contributed by atoms with van der Waals surface area (Å²) in [4.78, 5) is 12.6. The van der Waals surface area contributed by atoms with E-state index in [1.807, 2.05) is 13.8 Å². The molecule has 1 aromatic heterocycles. The molecule has 2 N–H and O–H groups in total. The quantitative estimate of drug-likeness (QED) is 0.647. The molecule has 0 aliphatic rings. The average molecular weight is 443 g/mol. The fraction of sp³-hybridized carbons (Fsp3) is 0.500. The first kappa shape index (κ1) is 23.9. The van der Waals surface area contributed by atoms with Crippen LogP contribution in [0.15, 0.2) is 30.5 Å². The molecule has 10 heteroatoms. The van der Waals surface area contributed by atoms with Crippen LogP contribution in [-0.2, 0) is 22.3 Å². The predicted octanol–water partition coefficient (Wildman–Crippen LogP) is 3.95. The van der Waals surface area contributed by atoms with Crippen LogP contribution in [0.4, 0.5) is 14.5 Å². The number of anilines is 1. The SMILES string of the molecule is CC(C)Cn1cc(NC(=O)c2cccc(CS(=O)(=O)NC(C)(C)C)c2)c(C(F)F)n1. The highest BCUT2D eigenvalue weighted by molar-refractivity contribution is 7.88.